The number of ether oxygens (including phenoxy) is 1. The molecule has 5 rings (SSSR count). The second-order valence-electron chi connectivity index (χ2n) is 14.1. The van der Waals surface area contributed by atoms with Crippen molar-refractivity contribution in [2.75, 3.05) is 44.4 Å². The zero-order valence-corrected chi connectivity index (χ0v) is 31.0. The third kappa shape index (κ3) is 8.12. The van der Waals surface area contributed by atoms with Gasteiger partial charge in [-0.25, -0.2) is 9.97 Å². The van der Waals surface area contributed by atoms with Crippen molar-refractivity contribution in [2.45, 2.75) is 81.8 Å². The number of likely N-dealkylation sites (tertiary alicyclic amines) is 2. The van der Waals surface area contributed by atoms with Gasteiger partial charge < -0.3 is 10.2 Å². The van der Waals surface area contributed by atoms with Gasteiger partial charge >= 0.3 is 172 Å². The van der Waals surface area contributed by atoms with Gasteiger partial charge in [0.15, 0.2) is 0 Å². The van der Waals surface area contributed by atoms with Crippen LogP contribution < -0.4 is 20.7 Å². The van der Waals surface area contributed by atoms with Crippen LogP contribution in [-0.4, -0.2) is 99.1 Å². The number of hydrogen-bond acceptors (Lipinski definition) is 8. The maximum absolute atomic E-state index is 13.9. The number of carbonyl (C=O) groups excluding carboxylic acids is 3. The molecule has 257 valence electrons. The molecule has 2 fully saturated rings. The fourth-order valence-electron chi connectivity index (χ4n) is 6.58. The summed E-state index contributed by atoms with van der Waals surface area (Å²) in [6, 6.07) is 10.7. The van der Waals surface area contributed by atoms with E-state index in [1.807, 2.05) is 39.5 Å². The number of nitrogens with zero attached hydrogens (tertiary/aromatic N) is 4. The molecule has 3 heterocycles. The Morgan fingerprint density at radius 1 is 1.04 bits per heavy atom. The summed E-state index contributed by atoms with van der Waals surface area (Å²) < 4.78 is 5.54. The third-order valence-electron chi connectivity index (χ3n) is 9.49. The Bertz CT molecular complexity index is 1630. The maximum atomic E-state index is 13.9. The Morgan fingerprint density at radius 2 is 1.77 bits per heavy atom. The molecule has 2 aliphatic heterocycles. The number of amides is 3. The van der Waals surface area contributed by atoms with E-state index in [-0.39, 0.29) is 38.2 Å². The first-order valence-electron chi connectivity index (χ1n) is 16.8. The molecular formula is C36H49AsN7O4. The van der Waals surface area contributed by atoms with Crippen LogP contribution in [0.3, 0.4) is 0 Å². The van der Waals surface area contributed by atoms with Gasteiger partial charge in [0, 0.05) is 12.2 Å². The molecule has 0 spiro atoms. The number of nitrogens with one attached hydrogen (secondary N) is 3. The number of hydrogen-bond donors (Lipinski definition) is 3. The van der Waals surface area contributed by atoms with Crippen molar-refractivity contribution in [3.05, 3.63) is 48.3 Å². The van der Waals surface area contributed by atoms with Gasteiger partial charge in [-0.3, -0.25) is 0 Å². The quantitative estimate of drug-likeness (QED) is 0.244. The number of rotatable bonds is 10. The molecule has 3 aromatic rings. The summed E-state index contributed by atoms with van der Waals surface area (Å²) in [6.07, 6.45) is 5.13. The summed E-state index contributed by atoms with van der Waals surface area (Å²) in [7, 11) is 3.72. The first-order chi connectivity index (χ1) is 22.9. The number of aromatic nitrogens is 2. The fourth-order valence-corrected chi connectivity index (χ4v) is 7.23. The minimum atomic E-state index is -0.743. The normalized spacial score (nSPS) is 20.1. The van der Waals surface area contributed by atoms with E-state index < -0.39 is 17.5 Å². The van der Waals surface area contributed by atoms with Gasteiger partial charge in [0.1, 0.15) is 12.1 Å². The van der Waals surface area contributed by atoms with Crippen LogP contribution in [0, 0.1) is 5.41 Å². The molecule has 11 nitrogen and oxygen atoms in total. The van der Waals surface area contributed by atoms with Gasteiger partial charge in [-0.15, -0.1) is 0 Å². The van der Waals surface area contributed by atoms with Crippen molar-refractivity contribution in [2.24, 2.45) is 5.41 Å². The van der Waals surface area contributed by atoms with E-state index in [4.69, 9.17) is 4.74 Å². The van der Waals surface area contributed by atoms with E-state index in [1.165, 1.54) is 24.7 Å². The molecule has 2 aromatic carbocycles. The van der Waals surface area contributed by atoms with Gasteiger partial charge in [0.2, 0.25) is 0 Å². The van der Waals surface area contributed by atoms with Crippen molar-refractivity contribution >= 4 is 61.6 Å². The molecule has 1 aromatic heterocycles. The van der Waals surface area contributed by atoms with Gasteiger partial charge in [0.25, 0.3) is 0 Å². The molecule has 0 bridgehead atoms. The van der Waals surface area contributed by atoms with Crippen LogP contribution in [0.25, 0.3) is 10.9 Å². The van der Waals surface area contributed by atoms with Gasteiger partial charge in [-0.1, -0.05) is 12.1 Å². The van der Waals surface area contributed by atoms with Crippen LogP contribution in [0.5, 0.6) is 5.75 Å². The third-order valence-corrected chi connectivity index (χ3v) is 11.6. The topological polar surface area (TPSA) is 129 Å². The van der Waals surface area contributed by atoms with Crippen LogP contribution in [0.1, 0.15) is 64.9 Å². The van der Waals surface area contributed by atoms with Crippen LogP contribution >= 0.6 is 0 Å². The van der Waals surface area contributed by atoms with Crippen molar-refractivity contribution in [3.63, 3.8) is 0 Å². The Morgan fingerprint density at radius 3 is 2.44 bits per heavy atom. The van der Waals surface area contributed by atoms with Crippen molar-refractivity contribution < 1.29 is 19.1 Å². The summed E-state index contributed by atoms with van der Waals surface area (Å²) in [5, 5.41) is 10.2. The van der Waals surface area contributed by atoms with Gasteiger partial charge in [0.05, 0.1) is 12.6 Å². The molecule has 0 aliphatic carbocycles. The molecule has 48 heavy (non-hydrogen) atoms. The number of carbonyl (C=O) groups is 3. The van der Waals surface area contributed by atoms with Crippen LogP contribution in [0.2, 0.25) is 10.4 Å². The zero-order valence-electron chi connectivity index (χ0n) is 29.2. The number of methoxy groups -OCH3 is 1. The second-order valence-corrected chi connectivity index (χ2v) is 16.8. The number of likely N-dealkylation sites (N-methyl/N-ethyl adjacent to an activating group) is 1. The van der Waals surface area contributed by atoms with E-state index in [9.17, 15) is 14.4 Å². The predicted molar refractivity (Wildman–Crippen MR) is 191 cm³/mol. The van der Waals surface area contributed by atoms with E-state index in [2.05, 4.69) is 62.1 Å². The molecule has 12 heteroatoms. The summed E-state index contributed by atoms with van der Waals surface area (Å²) in [6.45, 7) is 10.4. The number of piperidine rings is 1. The first kappa shape index (κ1) is 35.6. The molecule has 0 saturated carbocycles. The van der Waals surface area contributed by atoms with Crippen molar-refractivity contribution in [1.29, 1.82) is 0 Å². The molecule has 2 aliphatic rings. The summed E-state index contributed by atoms with van der Waals surface area (Å²) >= 11 is -0.167. The molecule has 1 unspecified atom stereocenters. The SMILES string of the molecule is COc1cc2ncnc(Nc3ccc(C4CCCN(C)C4)cc3)c2cc1NC(=O)[C@@H]1CCCN1C(=O)[C@@H](NC(=O)[C@H](C)[As]C)C(C)(C)C. The molecule has 1 radical (unpaired) electrons. The number of anilines is 3. The van der Waals surface area contributed by atoms with E-state index in [1.54, 1.807) is 18.1 Å². The summed E-state index contributed by atoms with van der Waals surface area (Å²) in [4.78, 5) is 53.6. The standard InChI is InChI=1S/C36H49AsN7O4/c1-22(37-5)33(45)42-31(36(2,3)4)35(47)44-17-9-11-29(44)34(46)41-28-18-26-27(19-30(28)48-7)38-21-39-32(26)40-25-14-12-23(13-15-25)24-10-8-16-43(6)20-24/h12-15,18-19,21-22,24,29,31H,8-11,16-17,20H2,1-7H3,(H,41,46)(H,42,45)(H,38,39,40)/t22-,24?,29-,31+/m0/s1. The molecule has 3 N–H and O–H groups in total. The molecule has 4 atom stereocenters. The van der Waals surface area contributed by atoms with Crippen LogP contribution in [0.15, 0.2) is 42.7 Å². The molecule has 3 amide bonds. The van der Waals surface area contributed by atoms with E-state index in [0.717, 1.165) is 18.8 Å². The average Bonchev–Trinajstić information content (AvgIpc) is 3.57. The average molecular weight is 719 g/mol. The Hall–Kier alpha value is -3.69. The Balaban J connectivity index is 1.35. The fraction of sp³-hybridized carbons (Fsp3) is 0.528. The monoisotopic (exact) mass is 718 g/mol. The van der Waals surface area contributed by atoms with Crippen LogP contribution in [-0.2, 0) is 14.4 Å². The predicted octanol–water partition coefficient (Wildman–Crippen LogP) is 5.21. The van der Waals surface area contributed by atoms with Gasteiger partial charge in [-0.2, -0.15) is 0 Å². The minimum absolute atomic E-state index is 0.119. The van der Waals surface area contributed by atoms with E-state index >= 15 is 0 Å². The number of benzene rings is 2. The number of fused-ring (bicyclic) bond motifs is 1. The van der Waals surface area contributed by atoms with Crippen LogP contribution in [0.4, 0.5) is 17.2 Å². The van der Waals surface area contributed by atoms with Crippen molar-refractivity contribution in [1.82, 2.24) is 25.1 Å². The van der Waals surface area contributed by atoms with Crippen molar-refractivity contribution in [3.8, 4) is 5.75 Å². The first-order valence-corrected chi connectivity index (χ1v) is 19.7. The zero-order chi connectivity index (χ0) is 34.6. The second kappa shape index (κ2) is 15.2. The molecular weight excluding hydrogens is 669 g/mol. The summed E-state index contributed by atoms with van der Waals surface area (Å²) in [5.74, 6) is 0.930. The Labute approximate surface area is 290 Å². The summed E-state index contributed by atoms with van der Waals surface area (Å²) in [5.41, 5.74) is 4.87. The molecule has 2 saturated heterocycles. The van der Waals surface area contributed by atoms with Gasteiger partial charge in [-0.05, 0) is 50.0 Å². The Kier molecular flexibility index (Phi) is 11.3. The van der Waals surface area contributed by atoms with E-state index in [0.29, 0.717) is 53.5 Å².